The molecule has 6 nitrogen and oxygen atoms in total. The lowest BCUT2D eigenvalue weighted by molar-refractivity contribution is -0.658. The van der Waals surface area contributed by atoms with E-state index in [-0.39, 0.29) is 12.3 Å². The highest BCUT2D eigenvalue weighted by molar-refractivity contribution is 5.97. The van der Waals surface area contributed by atoms with Gasteiger partial charge in [0, 0.05) is 18.1 Å². The van der Waals surface area contributed by atoms with Crippen molar-refractivity contribution < 1.29 is 32.7 Å². The van der Waals surface area contributed by atoms with Gasteiger partial charge in [-0.15, -0.1) is 0 Å². The van der Waals surface area contributed by atoms with Crippen LogP contribution in [0.5, 0.6) is 17.2 Å². The number of benzene rings is 2. The van der Waals surface area contributed by atoms with Crippen molar-refractivity contribution in [1.29, 1.82) is 0 Å². The van der Waals surface area contributed by atoms with Crippen molar-refractivity contribution in [2.45, 2.75) is 38.0 Å². The first kappa shape index (κ1) is 21.4. The second kappa shape index (κ2) is 8.70. The zero-order valence-electron chi connectivity index (χ0n) is 17.7. The van der Waals surface area contributed by atoms with Crippen LogP contribution in [-0.2, 0) is 5.72 Å². The molecule has 166 valence electrons. The number of anilines is 1. The summed E-state index contributed by atoms with van der Waals surface area (Å²) >= 11 is 0. The summed E-state index contributed by atoms with van der Waals surface area (Å²) in [5.74, 6) is 2.45. The Balaban J connectivity index is 1.77. The molecule has 0 aromatic heterocycles. The molecule has 0 saturated heterocycles. The van der Waals surface area contributed by atoms with Crippen LogP contribution < -0.4 is 19.1 Å². The lowest BCUT2D eigenvalue weighted by Crippen LogP contribution is -2.41. The molecule has 2 aliphatic heterocycles. The van der Waals surface area contributed by atoms with E-state index in [0.717, 1.165) is 37.2 Å². The van der Waals surface area contributed by atoms with Gasteiger partial charge in [-0.1, -0.05) is 0 Å². The van der Waals surface area contributed by atoms with Crippen LogP contribution in [0.4, 0.5) is 14.5 Å². The predicted molar refractivity (Wildman–Crippen MR) is 112 cm³/mol. The van der Waals surface area contributed by atoms with E-state index in [1.807, 2.05) is 22.8 Å². The van der Waals surface area contributed by atoms with Gasteiger partial charge < -0.3 is 19.3 Å². The molecule has 0 amide bonds. The summed E-state index contributed by atoms with van der Waals surface area (Å²) in [6.45, 7) is -1.91. The quantitative estimate of drug-likeness (QED) is 0.699. The third-order valence-corrected chi connectivity index (χ3v) is 5.95. The summed E-state index contributed by atoms with van der Waals surface area (Å²) in [7, 11) is 3.23. The van der Waals surface area contributed by atoms with Gasteiger partial charge in [0.25, 0.3) is 11.6 Å². The number of aliphatic hydroxyl groups is 1. The summed E-state index contributed by atoms with van der Waals surface area (Å²) in [4.78, 5) is 2.08. The topological polar surface area (TPSA) is 54.2 Å². The van der Waals surface area contributed by atoms with Crippen LogP contribution in [0.1, 0.15) is 31.2 Å². The number of nitrogens with zero attached hydrogens (tertiary/aromatic N) is 2. The third kappa shape index (κ3) is 4.04. The number of β-amino-alcohol motifs (C(OH)–C–C–N with tert-alkyl or cyclic N) is 1. The monoisotopic (exact) mass is 433 g/mol. The summed E-state index contributed by atoms with van der Waals surface area (Å²) in [6, 6.07) is 11.8. The van der Waals surface area contributed by atoms with Gasteiger partial charge in [0.1, 0.15) is 11.5 Å². The van der Waals surface area contributed by atoms with Crippen molar-refractivity contribution >= 4 is 11.5 Å². The van der Waals surface area contributed by atoms with E-state index >= 15 is 0 Å². The maximum absolute atomic E-state index is 12.5. The van der Waals surface area contributed by atoms with Crippen molar-refractivity contribution in [2.75, 3.05) is 32.2 Å². The number of hydrogen-bond acceptors (Lipinski definition) is 5. The largest absolute Gasteiger partial charge is 0.497 e. The minimum absolute atomic E-state index is 0.0618. The first-order valence-corrected chi connectivity index (χ1v) is 10.4. The van der Waals surface area contributed by atoms with E-state index in [2.05, 4.69) is 9.64 Å². The lowest BCUT2D eigenvalue weighted by Gasteiger charge is -2.24. The minimum Gasteiger partial charge on any atom is -0.497 e. The van der Waals surface area contributed by atoms with Gasteiger partial charge in [0.15, 0.2) is 18.0 Å². The fraction of sp³-hybridized carbons (Fsp3) is 0.435. The predicted octanol–water partition coefficient (Wildman–Crippen LogP) is 3.96. The van der Waals surface area contributed by atoms with E-state index in [1.165, 1.54) is 12.1 Å². The van der Waals surface area contributed by atoms with Crippen molar-refractivity contribution in [2.24, 2.45) is 0 Å². The van der Waals surface area contributed by atoms with Crippen LogP contribution >= 0.6 is 0 Å². The zero-order chi connectivity index (χ0) is 22.0. The number of ether oxygens (including phenoxy) is 3. The molecule has 1 unspecified atom stereocenters. The normalized spacial score (nSPS) is 21.2. The van der Waals surface area contributed by atoms with E-state index in [4.69, 9.17) is 9.47 Å². The van der Waals surface area contributed by atoms with Gasteiger partial charge in [-0.05, 0) is 55.7 Å². The zero-order valence-corrected chi connectivity index (χ0v) is 17.7. The molecule has 0 radical (unpaired) electrons. The molecule has 1 N–H and O–H groups in total. The summed E-state index contributed by atoms with van der Waals surface area (Å²) in [5, 5.41) is 11.9. The van der Waals surface area contributed by atoms with Crippen molar-refractivity contribution in [3.05, 3.63) is 48.0 Å². The van der Waals surface area contributed by atoms with Crippen LogP contribution in [0.2, 0.25) is 0 Å². The number of amidine groups is 1. The number of alkyl halides is 2. The molecule has 0 bridgehead atoms. The Kier molecular flexibility index (Phi) is 6.00. The molecule has 0 aliphatic carbocycles. The molecule has 0 spiro atoms. The summed E-state index contributed by atoms with van der Waals surface area (Å²) in [6.07, 6.45) is 3.86. The minimum atomic E-state index is -2.89. The lowest BCUT2D eigenvalue weighted by atomic mass is 10.0. The molecular weight excluding hydrogens is 406 g/mol. The second-order valence-corrected chi connectivity index (χ2v) is 7.72. The Labute approximate surface area is 180 Å². The smallest absolute Gasteiger partial charge is 0.387 e. The number of methoxy groups -OCH3 is 2. The van der Waals surface area contributed by atoms with Gasteiger partial charge >= 0.3 is 6.61 Å². The summed E-state index contributed by atoms with van der Waals surface area (Å²) in [5.41, 5.74) is 0.132. The molecule has 2 aromatic rings. The molecule has 8 heteroatoms. The van der Waals surface area contributed by atoms with E-state index < -0.39 is 12.3 Å². The van der Waals surface area contributed by atoms with E-state index in [1.54, 1.807) is 26.4 Å². The van der Waals surface area contributed by atoms with Gasteiger partial charge in [0.2, 0.25) is 0 Å². The van der Waals surface area contributed by atoms with Crippen molar-refractivity contribution in [1.82, 2.24) is 0 Å². The van der Waals surface area contributed by atoms with Crippen LogP contribution in [-0.4, -0.2) is 49.4 Å². The van der Waals surface area contributed by atoms with Crippen LogP contribution in [0.25, 0.3) is 0 Å². The molecule has 0 saturated carbocycles. The fourth-order valence-corrected chi connectivity index (χ4v) is 4.45. The third-order valence-electron chi connectivity index (χ3n) is 5.95. The number of halogens is 2. The molecule has 1 atom stereocenters. The standard InChI is InChI=1S/C23H27F2N2O4/c1-29-18-11-12-20(30-2)19(14-18)26-15-23(28,27-13-5-3-4-6-21(26)27)16-7-9-17(10-8-16)31-22(24)25/h7-12,14,22,28H,3-6,13,15H2,1-2H3/q+1. The Morgan fingerprint density at radius 2 is 1.74 bits per heavy atom. The number of hydrogen-bond donors (Lipinski definition) is 1. The van der Waals surface area contributed by atoms with Gasteiger partial charge in [-0.25, -0.2) is 9.48 Å². The number of rotatable bonds is 6. The molecule has 2 aliphatic rings. The fourth-order valence-electron chi connectivity index (χ4n) is 4.45. The Hall–Kier alpha value is -2.87. The van der Waals surface area contributed by atoms with Crippen molar-refractivity contribution in [3.63, 3.8) is 0 Å². The van der Waals surface area contributed by atoms with Crippen LogP contribution in [0.3, 0.4) is 0 Å². The highest BCUT2D eigenvalue weighted by atomic mass is 19.3. The highest BCUT2D eigenvalue weighted by Crippen LogP contribution is 2.40. The highest BCUT2D eigenvalue weighted by Gasteiger charge is 2.52. The van der Waals surface area contributed by atoms with Gasteiger partial charge in [-0.3, -0.25) is 0 Å². The molecule has 0 fully saturated rings. The Morgan fingerprint density at radius 1 is 1.00 bits per heavy atom. The van der Waals surface area contributed by atoms with E-state index in [9.17, 15) is 13.9 Å². The van der Waals surface area contributed by atoms with Crippen LogP contribution in [0.15, 0.2) is 42.5 Å². The SMILES string of the molecule is COc1ccc(OC)c(N2CC(O)(c3ccc(OC(F)F)cc3)[N+]3=C2CCCCC3)c1. The summed E-state index contributed by atoms with van der Waals surface area (Å²) < 4.78 is 42.6. The first-order chi connectivity index (χ1) is 15.0. The van der Waals surface area contributed by atoms with Crippen molar-refractivity contribution in [3.8, 4) is 17.2 Å². The molecule has 4 rings (SSSR count). The van der Waals surface area contributed by atoms with Gasteiger partial charge in [-0.2, -0.15) is 8.78 Å². The maximum Gasteiger partial charge on any atom is 0.387 e. The molecular formula is C23H27F2N2O4+. The average Bonchev–Trinajstić information content (AvgIpc) is 2.92. The first-order valence-electron chi connectivity index (χ1n) is 10.4. The second-order valence-electron chi connectivity index (χ2n) is 7.72. The molecule has 2 aromatic carbocycles. The molecule has 2 heterocycles. The Morgan fingerprint density at radius 3 is 2.42 bits per heavy atom. The molecule has 31 heavy (non-hydrogen) atoms. The van der Waals surface area contributed by atoms with Gasteiger partial charge in [0.05, 0.1) is 20.8 Å². The average molecular weight is 433 g/mol. The maximum atomic E-state index is 12.5. The Bertz CT molecular complexity index is 965. The van der Waals surface area contributed by atoms with Crippen LogP contribution in [0, 0.1) is 0 Å². The van der Waals surface area contributed by atoms with E-state index in [0.29, 0.717) is 23.6 Å².